The monoisotopic (exact) mass is 947 g/mol. The average molecular weight is 947 g/mol. The van der Waals surface area contributed by atoms with Crippen molar-refractivity contribution in [1.29, 1.82) is 0 Å². The highest BCUT2D eigenvalue weighted by Gasteiger charge is 2.38. The number of hydrogen-bond donors (Lipinski definition) is 3. The van der Waals surface area contributed by atoms with Gasteiger partial charge in [-0.25, -0.2) is 9.59 Å². The van der Waals surface area contributed by atoms with E-state index in [1.807, 2.05) is 24.3 Å². The van der Waals surface area contributed by atoms with E-state index < -0.39 is 11.9 Å². The first kappa shape index (κ1) is 43.7. The number of aromatic nitrogens is 4. The molecule has 10 heteroatoms. The highest BCUT2D eigenvalue weighted by Crippen LogP contribution is 2.52. The minimum atomic E-state index is -0.880. The van der Waals surface area contributed by atoms with Gasteiger partial charge in [-0.15, -0.1) is 0 Å². The summed E-state index contributed by atoms with van der Waals surface area (Å²) >= 11 is 0. The molecule has 3 aliphatic carbocycles. The molecule has 4 fully saturated rings. The van der Waals surface area contributed by atoms with Gasteiger partial charge in [0.2, 0.25) is 0 Å². The Hall–Kier alpha value is -6.10. The summed E-state index contributed by atoms with van der Waals surface area (Å²) < 4.78 is 10.3. The largest absolute Gasteiger partial charge is 0.478 e. The Morgan fingerprint density at radius 2 is 1.15 bits per heavy atom. The van der Waals surface area contributed by atoms with Crippen LogP contribution >= 0.6 is 0 Å². The van der Waals surface area contributed by atoms with Gasteiger partial charge >= 0.3 is 11.9 Å². The van der Waals surface area contributed by atoms with Crippen LogP contribution in [0.15, 0.2) is 85.2 Å². The number of aromatic carboxylic acids is 2. The third-order valence-electron chi connectivity index (χ3n) is 18.5. The van der Waals surface area contributed by atoms with E-state index in [-0.39, 0.29) is 0 Å². The lowest BCUT2D eigenvalue weighted by Gasteiger charge is -2.37. The van der Waals surface area contributed by atoms with Crippen LogP contribution in [-0.2, 0) is 39.1 Å². The third-order valence-corrected chi connectivity index (χ3v) is 18.5. The van der Waals surface area contributed by atoms with Crippen LogP contribution < -0.4 is 5.32 Å². The predicted octanol–water partition coefficient (Wildman–Crippen LogP) is 12.8. The lowest BCUT2D eigenvalue weighted by atomic mass is 9.72. The number of hydrogen-bond acceptors (Lipinski definition) is 4. The molecule has 6 aliphatic rings. The molecule has 4 aromatic heterocycles. The molecule has 0 spiro atoms. The molecule has 10 nitrogen and oxygen atoms in total. The van der Waals surface area contributed by atoms with Crippen LogP contribution in [0.1, 0.15) is 138 Å². The Morgan fingerprint density at radius 1 is 0.549 bits per heavy atom. The minimum absolute atomic E-state index is 0.330. The fraction of sp³-hybridized carbons (Fsp3) is 0.443. The minimum Gasteiger partial charge on any atom is -0.478 e. The first-order valence-corrected chi connectivity index (χ1v) is 27.3. The Kier molecular flexibility index (Phi) is 10.6. The van der Waals surface area contributed by atoms with E-state index in [0.717, 1.165) is 88.8 Å². The predicted molar refractivity (Wildman–Crippen MR) is 283 cm³/mol. The maximum atomic E-state index is 12.7. The van der Waals surface area contributed by atoms with Crippen molar-refractivity contribution in [3.8, 4) is 22.5 Å². The fourth-order valence-corrected chi connectivity index (χ4v) is 14.7. The van der Waals surface area contributed by atoms with E-state index >= 15 is 0 Å². The summed E-state index contributed by atoms with van der Waals surface area (Å²) in [5, 5.41) is 29.7. The number of carboxylic acids is 2. The Labute approximate surface area is 415 Å². The van der Waals surface area contributed by atoms with Crippen molar-refractivity contribution in [2.24, 2.45) is 11.8 Å². The number of nitrogens with zero attached hydrogens (tertiary/aromatic N) is 5. The molecule has 3 N–H and O–H groups in total. The van der Waals surface area contributed by atoms with Gasteiger partial charge in [0.05, 0.1) is 33.5 Å². The van der Waals surface area contributed by atoms with Crippen LogP contribution in [0.2, 0.25) is 0 Å². The maximum absolute atomic E-state index is 12.7. The van der Waals surface area contributed by atoms with Gasteiger partial charge in [-0.2, -0.15) is 0 Å². The number of fused-ring (bicyclic) bond motifs is 8. The van der Waals surface area contributed by atoms with Gasteiger partial charge in [-0.05, 0) is 154 Å². The molecule has 0 bridgehead atoms. The maximum Gasteiger partial charge on any atom is 0.335 e. The molecule has 364 valence electrons. The zero-order chi connectivity index (χ0) is 47.5. The van der Waals surface area contributed by atoms with Crippen molar-refractivity contribution in [3.63, 3.8) is 0 Å². The number of aryl methyl sites for hydroxylation is 2. The Bertz CT molecular complexity index is 3430. The van der Waals surface area contributed by atoms with Gasteiger partial charge in [0.15, 0.2) is 0 Å². The average Bonchev–Trinajstić information content (AvgIpc) is 3.78. The molecule has 1 saturated heterocycles. The zero-order valence-electron chi connectivity index (χ0n) is 41.0. The molecular weight excluding hydrogens is 881 g/mol. The summed E-state index contributed by atoms with van der Waals surface area (Å²) in [5.41, 5.74) is 16.3. The van der Waals surface area contributed by atoms with Gasteiger partial charge in [-0.3, -0.25) is 0 Å². The number of carboxylic acid groups (broad SMARTS) is 2. The van der Waals surface area contributed by atoms with Crippen LogP contribution in [0.25, 0.3) is 66.1 Å². The van der Waals surface area contributed by atoms with E-state index in [4.69, 9.17) is 0 Å². The Morgan fingerprint density at radius 3 is 1.80 bits per heavy atom. The highest BCUT2D eigenvalue weighted by atomic mass is 16.4. The summed E-state index contributed by atoms with van der Waals surface area (Å²) in [6, 6.07) is 26.4. The number of likely N-dealkylation sites (tertiary alicyclic amines) is 1. The van der Waals surface area contributed by atoms with Crippen LogP contribution in [-0.4, -0.2) is 71.0 Å². The molecule has 1 unspecified atom stereocenters. The van der Waals surface area contributed by atoms with Crippen LogP contribution in [0.4, 0.5) is 0 Å². The second kappa shape index (κ2) is 17.3. The summed E-state index contributed by atoms with van der Waals surface area (Å²) in [6.07, 6.45) is 21.2. The normalized spacial score (nSPS) is 21.7. The first-order valence-electron chi connectivity index (χ1n) is 27.3. The number of nitrogens with one attached hydrogen (secondary N) is 1. The zero-order valence-corrected chi connectivity index (χ0v) is 41.0. The van der Waals surface area contributed by atoms with E-state index in [0.29, 0.717) is 40.8 Å². The summed E-state index contributed by atoms with van der Waals surface area (Å²) in [6.45, 7) is 7.93. The number of rotatable bonds is 11. The Balaban J connectivity index is 0.875. The van der Waals surface area contributed by atoms with Gasteiger partial charge < -0.3 is 38.7 Å². The summed E-state index contributed by atoms with van der Waals surface area (Å²) in [5.74, 6) is -0.176. The third kappa shape index (κ3) is 7.32. The van der Waals surface area contributed by atoms with Gasteiger partial charge in [0, 0.05) is 101 Å². The van der Waals surface area contributed by atoms with E-state index in [2.05, 4.69) is 89.4 Å². The van der Waals surface area contributed by atoms with Gasteiger partial charge in [-0.1, -0.05) is 67.8 Å². The van der Waals surface area contributed by atoms with Crippen molar-refractivity contribution >= 4 is 55.6 Å². The van der Waals surface area contributed by atoms with Crippen molar-refractivity contribution < 1.29 is 19.8 Å². The number of benzene rings is 4. The number of para-hydroxylation sites is 2. The molecule has 3 saturated carbocycles. The molecule has 7 heterocycles. The molecule has 1 atom stereocenters. The molecule has 71 heavy (non-hydrogen) atoms. The van der Waals surface area contributed by atoms with Crippen molar-refractivity contribution in [2.45, 2.75) is 140 Å². The molecular formula is C61H66N6O4. The standard InChI is InChI=1S/C61H66N6O4/c68-60(69)40-18-22-48-52(30-40)66-28-7-27-64-33-42(24-29-63-25-6-26-63)46-10-4-12-50(56(46)64)58(66)55(48)39-16-14-37(15-17-39)44-35-65-34-43(32-62-45-20-21-45)47-11-5-13-51(57(47)65)59-54(38-8-2-1-3-9-38)49-23-19-41(61(70)71)31-53(49)67(59)36-44/h4-5,10-13,18-19,22-23,30-31,33-34,37-39,44-45,62H,1-3,6-9,14-17,20-21,24-29,32,35-36H2,(H,68,69)(H,70,71). The van der Waals surface area contributed by atoms with E-state index in [1.165, 1.54) is 142 Å². The lowest BCUT2D eigenvalue weighted by molar-refractivity contribution is 0.0686. The lowest BCUT2D eigenvalue weighted by Crippen LogP contribution is -2.38. The van der Waals surface area contributed by atoms with Gasteiger partial charge in [0.1, 0.15) is 0 Å². The molecule has 8 aromatic rings. The van der Waals surface area contributed by atoms with E-state index in [1.54, 1.807) is 0 Å². The van der Waals surface area contributed by atoms with Crippen LogP contribution in [0.3, 0.4) is 0 Å². The van der Waals surface area contributed by atoms with Gasteiger partial charge in [0.25, 0.3) is 0 Å². The quantitative estimate of drug-likeness (QED) is 0.119. The highest BCUT2D eigenvalue weighted by molar-refractivity contribution is 6.05. The molecule has 0 radical (unpaired) electrons. The second-order valence-electron chi connectivity index (χ2n) is 22.6. The van der Waals surface area contributed by atoms with Crippen molar-refractivity contribution in [3.05, 3.63) is 119 Å². The first-order chi connectivity index (χ1) is 34.8. The van der Waals surface area contributed by atoms with Crippen LogP contribution in [0, 0.1) is 11.8 Å². The van der Waals surface area contributed by atoms with Crippen molar-refractivity contribution in [1.82, 2.24) is 28.5 Å². The SMILES string of the molecule is O=C(O)c1ccc2c(C3CCC(C4Cn5cc(CNC6CC6)c6cccc(c65)-c5c(C6CCCCC6)c6ccc(C(=O)O)cc6n5C4)CC3)c3n(c2c1)CCCn1cc(CCN2CCC2)c2cccc-3c21. The summed E-state index contributed by atoms with van der Waals surface area (Å²) in [4.78, 5) is 27.8. The topological polar surface area (TPSA) is 110 Å². The number of carbonyl (C=O) groups is 2. The molecule has 0 amide bonds. The van der Waals surface area contributed by atoms with Crippen molar-refractivity contribution in [2.75, 3.05) is 19.6 Å². The molecule has 14 rings (SSSR count). The molecule has 4 aromatic carbocycles. The second-order valence-corrected chi connectivity index (χ2v) is 22.6. The van der Waals surface area contributed by atoms with Crippen LogP contribution in [0.5, 0.6) is 0 Å². The fourth-order valence-electron chi connectivity index (χ4n) is 14.7. The van der Waals surface area contributed by atoms with E-state index in [9.17, 15) is 19.8 Å². The molecule has 3 aliphatic heterocycles. The smallest absolute Gasteiger partial charge is 0.335 e. The summed E-state index contributed by atoms with van der Waals surface area (Å²) in [7, 11) is 0.